The first-order chi connectivity index (χ1) is 13.7. The van der Waals surface area contributed by atoms with Gasteiger partial charge in [0, 0.05) is 56.9 Å². The molecule has 2 aromatic heterocycles. The number of hydrogen-bond donors (Lipinski definition) is 1. The second kappa shape index (κ2) is 8.16. The zero-order valence-electron chi connectivity index (χ0n) is 15.9. The van der Waals surface area contributed by atoms with E-state index in [4.69, 9.17) is 0 Å². The Morgan fingerprint density at radius 3 is 2.64 bits per heavy atom. The van der Waals surface area contributed by atoms with Crippen LogP contribution in [0.15, 0.2) is 43.0 Å². The molecule has 0 unspecified atom stereocenters. The van der Waals surface area contributed by atoms with Crippen molar-refractivity contribution < 1.29 is 4.79 Å². The number of nitrogens with one attached hydrogen (secondary N) is 1. The van der Waals surface area contributed by atoms with Crippen molar-refractivity contribution >= 4 is 28.6 Å². The summed E-state index contributed by atoms with van der Waals surface area (Å²) in [6, 6.07) is 7.88. The highest BCUT2D eigenvalue weighted by atomic mass is 16.2. The standard InChI is InChI=1S/C20H23N7O/c1-15-3-4-17-16(13-15)19(25-14-24-17)21-8-5-18(28)26-9-11-27(12-10-26)20-22-6-2-7-23-20/h2-4,6-7,13-14H,5,8-12H2,1H3,(H,21,24,25). The van der Waals surface area contributed by atoms with Crippen LogP contribution in [0.1, 0.15) is 12.0 Å². The quantitative estimate of drug-likeness (QED) is 0.726. The van der Waals surface area contributed by atoms with Crippen molar-refractivity contribution in [2.75, 3.05) is 42.9 Å². The van der Waals surface area contributed by atoms with Gasteiger partial charge in [-0.05, 0) is 25.1 Å². The van der Waals surface area contributed by atoms with Gasteiger partial charge in [-0.1, -0.05) is 11.6 Å². The molecule has 1 fully saturated rings. The van der Waals surface area contributed by atoms with Gasteiger partial charge >= 0.3 is 0 Å². The lowest BCUT2D eigenvalue weighted by atomic mass is 10.1. The molecule has 1 saturated heterocycles. The maximum absolute atomic E-state index is 12.6. The van der Waals surface area contributed by atoms with Gasteiger partial charge in [0.2, 0.25) is 11.9 Å². The van der Waals surface area contributed by atoms with Crippen LogP contribution >= 0.6 is 0 Å². The lowest BCUT2D eigenvalue weighted by Crippen LogP contribution is -2.49. The summed E-state index contributed by atoms with van der Waals surface area (Å²) in [5, 5.41) is 4.27. The first-order valence-electron chi connectivity index (χ1n) is 9.46. The Balaban J connectivity index is 1.29. The van der Waals surface area contributed by atoms with Crippen LogP contribution in [0.4, 0.5) is 11.8 Å². The van der Waals surface area contributed by atoms with Gasteiger partial charge in [0.15, 0.2) is 0 Å². The summed E-state index contributed by atoms with van der Waals surface area (Å²) in [6.07, 6.45) is 5.46. The molecule has 3 heterocycles. The molecule has 1 aliphatic heterocycles. The molecule has 144 valence electrons. The fraction of sp³-hybridized carbons (Fsp3) is 0.350. The summed E-state index contributed by atoms with van der Waals surface area (Å²) >= 11 is 0. The largest absolute Gasteiger partial charge is 0.369 e. The average molecular weight is 377 g/mol. The number of aryl methyl sites for hydroxylation is 1. The maximum Gasteiger partial charge on any atom is 0.225 e. The molecule has 0 radical (unpaired) electrons. The van der Waals surface area contributed by atoms with E-state index in [1.165, 1.54) is 0 Å². The summed E-state index contributed by atoms with van der Waals surface area (Å²) in [6.45, 7) is 5.46. The minimum absolute atomic E-state index is 0.149. The molecule has 3 aromatic rings. The van der Waals surface area contributed by atoms with Crippen molar-refractivity contribution in [2.45, 2.75) is 13.3 Å². The van der Waals surface area contributed by atoms with E-state index in [1.54, 1.807) is 24.8 Å². The normalized spacial score (nSPS) is 14.3. The highest BCUT2D eigenvalue weighted by Gasteiger charge is 2.22. The van der Waals surface area contributed by atoms with Crippen molar-refractivity contribution in [1.82, 2.24) is 24.8 Å². The molecule has 0 saturated carbocycles. The van der Waals surface area contributed by atoms with E-state index in [9.17, 15) is 4.79 Å². The number of benzene rings is 1. The third-order valence-corrected chi connectivity index (χ3v) is 4.89. The Bertz CT molecular complexity index is 955. The van der Waals surface area contributed by atoms with Crippen molar-refractivity contribution in [2.24, 2.45) is 0 Å². The average Bonchev–Trinajstić information content (AvgIpc) is 2.74. The smallest absolute Gasteiger partial charge is 0.225 e. The zero-order valence-corrected chi connectivity index (χ0v) is 15.9. The van der Waals surface area contributed by atoms with Crippen LogP contribution in [0.2, 0.25) is 0 Å². The molecule has 1 aliphatic rings. The molecule has 1 aromatic carbocycles. The SMILES string of the molecule is Cc1ccc2ncnc(NCCC(=O)N3CCN(c4ncccn4)CC3)c2c1. The molecule has 0 bridgehead atoms. The van der Waals surface area contributed by atoms with Crippen LogP contribution in [0, 0.1) is 6.92 Å². The van der Waals surface area contributed by atoms with Crippen molar-refractivity contribution in [1.29, 1.82) is 0 Å². The van der Waals surface area contributed by atoms with Gasteiger partial charge in [0.05, 0.1) is 5.52 Å². The number of amides is 1. The lowest BCUT2D eigenvalue weighted by Gasteiger charge is -2.34. The Labute approximate surface area is 163 Å². The van der Waals surface area contributed by atoms with Crippen LogP contribution in [-0.2, 0) is 4.79 Å². The van der Waals surface area contributed by atoms with E-state index >= 15 is 0 Å². The summed E-state index contributed by atoms with van der Waals surface area (Å²) < 4.78 is 0. The third-order valence-electron chi connectivity index (χ3n) is 4.89. The van der Waals surface area contributed by atoms with Gasteiger partial charge in [-0.15, -0.1) is 0 Å². The molecular weight excluding hydrogens is 354 g/mol. The molecule has 8 nitrogen and oxygen atoms in total. The molecule has 0 atom stereocenters. The van der Waals surface area contributed by atoms with Gasteiger partial charge < -0.3 is 15.1 Å². The summed E-state index contributed by atoms with van der Waals surface area (Å²) in [4.78, 5) is 33.7. The van der Waals surface area contributed by atoms with Crippen LogP contribution in [0.25, 0.3) is 10.9 Å². The fourth-order valence-corrected chi connectivity index (χ4v) is 3.37. The summed E-state index contributed by atoms with van der Waals surface area (Å²) in [5.41, 5.74) is 2.05. The van der Waals surface area contributed by atoms with Crippen LogP contribution in [0.5, 0.6) is 0 Å². The van der Waals surface area contributed by atoms with Crippen molar-refractivity contribution in [3.63, 3.8) is 0 Å². The molecule has 0 aliphatic carbocycles. The molecule has 28 heavy (non-hydrogen) atoms. The van der Waals surface area contributed by atoms with Crippen LogP contribution in [0.3, 0.4) is 0 Å². The Morgan fingerprint density at radius 2 is 1.86 bits per heavy atom. The van der Waals surface area contributed by atoms with Crippen LogP contribution < -0.4 is 10.2 Å². The fourth-order valence-electron chi connectivity index (χ4n) is 3.37. The predicted octanol–water partition coefficient (Wildman–Crippen LogP) is 1.88. The van der Waals surface area contributed by atoms with E-state index in [0.717, 1.165) is 41.3 Å². The van der Waals surface area contributed by atoms with Crippen molar-refractivity contribution in [3.8, 4) is 0 Å². The van der Waals surface area contributed by atoms with Crippen molar-refractivity contribution in [3.05, 3.63) is 48.5 Å². The minimum atomic E-state index is 0.149. The van der Waals surface area contributed by atoms with Gasteiger partial charge in [0.25, 0.3) is 0 Å². The molecule has 1 amide bonds. The zero-order chi connectivity index (χ0) is 19.3. The number of anilines is 2. The number of hydrogen-bond acceptors (Lipinski definition) is 7. The van der Waals surface area contributed by atoms with Crippen LogP contribution in [-0.4, -0.2) is 63.5 Å². The topological polar surface area (TPSA) is 87.1 Å². The summed E-state index contributed by atoms with van der Waals surface area (Å²) in [5.74, 6) is 1.64. The number of carbonyl (C=O) groups excluding carboxylic acids is 1. The molecule has 0 spiro atoms. The van der Waals surface area contributed by atoms with Gasteiger partial charge in [-0.2, -0.15) is 0 Å². The van der Waals surface area contributed by atoms with Gasteiger partial charge in [-0.25, -0.2) is 19.9 Å². The first kappa shape index (κ1) is 18.1. The maximum atomic E-state index is 12.6. The highest BCUT2D eigenvalue weighted by Crippen LogP contribution is 2.20. The number of fused-ring (bicyclic) bond motifs is 1. The third kappa shape index (κ3) is 4.00. The second-order valence-corrected chi connectivity index (χ2v) is 6.84. The molecule has 1 N–H and O–H groups in total. The molecule has 8 heteroatoms. The monoisotopic (exact) mass is 377 g/mol. The number of rotatable bonds is 5. The van der Waals surface area contributed by atoms with Gasteiger partial charge in [-0.3, -0.25) is 4.79 Å². The predicted molar refractivity (Wildman–Crippen MR) is 108 cm³/mol. The van der Waals surface area contributed by atoms with E-state index in [-0.39, 0.29) is 5.91 Å². The number of aromatic nitrogens is 4. The van der Waals surface area contributed by atoms with E-state index in [2.05, 4.69) is 36.2 Å². The van der Waals surface area contributed by atoms with Gasteiger partial charge in [0.1, 0.15) is 12.1 Å². The van der Waals surface area contributed by atoms with E-state index < -0.39 is 0 Å². The molecule has 4 rings (SSSR count). The number of carbonyl (C=O) groups is 1. The Kier molecular flexibility index (Phi) is 5.27. The number of nitrogens with zero attached hydrogens (tertiary/aromatic N) is 6. The first-order valence-corrected chi connectivity index (χ1v) is 9.46. The Hall–Kier alpha value is -3.29. The van der Waals surface area contributed by atoms with E-state index in [1.807, 2.05) is 24.0 Å². The lowest BCUT2D eigenvalue weighted by molar-refractivity contribution is -0.131. The Morgan fingerprint density at radius 1 is 1.07 bits per heavy atom. The summed E-state index contributed by atoms with van der Waals surface area (Å²) in [7, 11) is 0. The van der Waals surface area contributed by atoms with E-state index in [0.29, 0.717) is 26.1 Å². The minimum Gasteiger partial charge on any atom is -0.369 e. The number of piperazine rings is 1. The second-order valence-electron chi connectivity index (χ2n) is 6.84. The highest BCUT2D eigenvalue weighted by molar-refractivity contribution is 5.89. The molecular formula is C20H23N7O.